The Balaban J connectivity index is 2.03. The van der Waals surface area contributed by atoms with Gasteiger partial charge in [-0.05, 0) is 50.5 Å². The highest BCUT2D eigenvalue weighted by Crippen LogP contribution is 2.52. The van der Waals surface area contributed by atoms with Crippen LogP contribution in [0.5, 0.6) is 0 Å². The van der Waals surface area contributed by atoms with Crippen molar-refractivity contribution in [1.29, 1.82) is 0 Å². The monoisotopic (exact) mass is 442 g/mol. The third-order valence-electron chi connectivity index (χ3n) is 4.57. The molecule has 1 fully saturated rings. The van der Waals surface area contributed by atoms with Gasteiger partial charge in [-0.1, -0.05) is 43.3 Å². The molecule has 162 valence electrons. The van der Waals surface area contributed by atoms with E-state index in [1.165, 1.54) is 6.08 Å². The summed E-state index contributed by atoms with van der Waals surface area (Å²) in [6, 6.07) is 9.48. The summed E-state index contributed by atoms with van der Waals surface area (Å²) < 4.78 is 22.3. The standard InChI is InChI=1S/C21H31O6PS/c1-15-13-17(11-12-18(22)25-14-16-9-7-6-8-10-16)20(19(15)24-5)26-28(23,29)27-21(2,3)4/h6-12,15,17,19-20H,13-14H2,1-5H3,(H,23,29)/b12-11+/t15-,17+,19-,20?,28?/m1/s1. The van der Waals surface area contributed by atoms with Crippen molar-refractivity contribution in [3.63, 3.8) is 0 Å². The predicted octanol–water partition coefficient (Wildman–Crippen LogP) is 4.37. The Labute approximate surface area is 178 Å². The normalized spacial score (nSPS) is 27.1. The van der Waals surface area contributed by atoms with Gasteiger partial charge >= 0.3 is 12.7 Å². The molecule has 1 saturated carbocycles. The largest absolute Gasteiger partial charge is 0.458 e. The van der Waals surface area contributed by atoms with Crippen molar-refractivity contribution in [1.82, 2.24) is 0 Å². The average Bonchev–Trinajstić information content (AvgIpc) is 2.90. The van der Waals surface area contributed by atoms with Crippen molar-refractivity contribution in [2.45, 2.75) is 58.5 Å². The number of esters is 1. The maximum atomic E-state index is 12.1. The van der Waals surface area contributed by atoms with Crippen molar-refractivity contribution < 1.29 is 28.2 Å². The van der Waals surface area contributed by atoms with Gasteiger partial charge in [-0.2, -0.15) is 0 Å². The number of hydrogen-bond acceptors (Lipinski definition) is 6. The van der Waals surface area contributed by atoms with E-state index < -0.39 is 24.4 Å². The third-order valence-corrected chi connectivity index (χ3v) is 6.34. The summed E-state index contributed by atoms with van der Waals surface area (Å²) >= 11 is 5.20. The molecule has 2 unspecified atom stereocenters. The first-order chi connectivity index (χ1) is 13.5. The fourth-order valence-electron chi connectivity index (χ4n) is 3.46. The molecular formula is C21H31O6PS. The first-order valence-electron chi connectivity index (χ1n) is 9.64. The zero-order chi connectivity index (χ0) is 21.7. The van der Waals surface area contributed by atoms with Crippen LogP contribution in [0.4, 0.5) is 0 Å². The molecule has 0 heterocycles. The first kappa shape index (κ1) is 24.2. The maximum Gasteiger partial charge on any atom is 0.330 e. The second-order valence-corrected chi connectivity index (χ2v) is 11.0. The molecule has 0 radical (unpaired) electrons. The van der Waals surface area contributed by atoms with Crippen LogP contribution in [0.25, 0.3) is 0 Å². The highest BCUT2D eigenvalue weighted by atomic mass is 32.5. The van der Waals surface area contributed by atoms with Crippen molar-refractivity contribution >= 4 is 24.5 Å². The Kier molecular flexibility index (Phi) is 8.59. The highest BCUT2D eigenvalue weighted by Gasteiger charge is 2.44. The van der Waals surface area contributed by atoms with Crippen LogP contribution in [0, 0.1) is 11.8 Å². The molecule has 0 spiro atoms. The van der Waals surface area contributed by atoms with Gasteiger partial charge < -0.3 is 23.4 Å². The van der Waals surface area contributed by atoms with Gasteiger partial charge in [0.15, 0.2) is 0 Å². The lowest BCUT2D eigenvalue weighted by Gasteiger charge is -2.31. The molecular weight excluding hydrogens is 411 g/mol. The SMILES string of the molecule is CO[C@H]1C(OP(O)(=S)OC(C)(C)C)[C@@H](/C=C/C(=O)OCc2ccccc2)C[C@H]1C. The molecule has 6 nitrogen and oxygen atoms in total. The van der Waals surface area contributed by atoms with Gasteiger partial charge in [0, 0.05) is 19.1 Å². The van der Waals surface area contributed by atoms with Crippen LogP contribution in [0.3, 0.4) is 0 Å². The summed E-state index contributed by atoms with van der Waals surface area (Å²) in [5, 5.41) is 0. The van der Waals surface area contributed by atoms with E-state index in [2.05, 4.69) is 0 Å². The zero-order valence-electron chi connectivity index (χ0n) is 17.6. The van der Waals surface area contributed by atoms with E-state index in [1.54, 1.807) is 34.0 Å². The van der Waals surface area contributed by atoms with E-state index in [9.17, 15) is 9.69 Å². The smallest absolute Gasteiger partial charge is 0.330 e. The van der Waals surface area contributed by atoms with E-state index >= 15 is 0 Å². The van der Waals surface area contributed by atoms with Crippen molar-refractivity contribution in [3.8, 4) is 0 Å². The average molecular weight is 443 g/mol. The summed E-state index contributed by atoms with van der Waals surface area (Å²) in [5.74, 6) is -0.419. The van der Waals surface area contributed by atoms with E-state index in [0.717, 1.165) is 12.0 Å². The van der Waals surface area contributed by atoms with E-state index in [0.29, 0.717) is 0 Å². The number of methoxy groups -OCH3 is 1. The third kappa shape index (κ3) is 7.93. The molecule has 1 aromatic rings. The Hall–Kier alpha value is -1.08. The Morgan fingerprint density at radius 1 is 1.28 bits per heavy atom. The molecule has 0 aliphatic heterocycles. The molecule has 8 heteroatoms. The van der Waals surface area contributed by atoms with Crippen LogP contribution in [-0.4, -0.2) is 35.8 Å². The molecule has 1 aliphatic rings. The molecule has 2 rings (SSSR count). The van der Waals surface area contributed by atoms with Gasteiger partial charge in [-0.15, -0.1) is 0 Å². The molecule has 0 saturated heterocycles. The number of benzene rings is 1. The minimum atomic E-state index is -3.47. The van der Waals surface area contributed by atoms with Crippen LogP contribution < -0.4 is 0 Å². The first-order valence-corrected chi connectivity index (χ1v) is 12.2. The van der Waals surface area contributed by atoms with Crippen LogP contribution in [0.15, 0.2) is 42.5 Å². The molecule has 0 aromatic heterocycles. The number of carbonyl (C=O) groups is 1. The molecule has 0 bridgehead atoms. The molecule has 0 amide bonds. The number of rotatable bonds is 8. The van der Waals surface area contributed by atoms with Crippen molar-refractivity contribution in [3.05, 3.63) is 48.0 Å². The Morgan fingerprint density at radius 2 is 1.93 bits per heavy atom. The second kappa shape index (κ2) is 10.3. The van der Waals surface area contributed by atoms with E-state index in [1.807, 2.05) is 37.3 Å². The summed E-state index contributed by atoms with van der Waals surface area (Å²) in [6.45, 7) is 4.19. The lowest BCUT2D eigenvalue weighted by molar-refractivity contribution is -0.139. The minimum absolute atomic E-state index is 0.155. The van der Waals surface area contributed by atoms with E-state index in [-0.39, 0.29) is 24.5 Å². The van der Waals surface area contributed by atoms with Crippen molar-refractivity contribution in [2.24, 2.45) is 11.8 Å². The van der Waals surface area contributed by atoms with Gasteiger partial charge in [0.05, 0.1) is 17.8 Å². The van der Waals surface area contributed by atoms with Crippen LogP contribution in [0.2, 0.25) is 0 Å². The maximum absolute atomic E-state index is 12.1. The zero-order valence-corrected chi connectivity index (χ0v) is 19.3. The number of hydrogen-bond donors (Lipinski definition) is 1. The van der Waals surface area contributed by atoms with Gasteiger partial charge in [0.25, 0.3) is 0 Å². The predicted molar refractivity (Wildman–Crippen MR) is 116 cm³/mol. The van der Waals surface area contributed by atoms with E-state index in [4.69, 9.17) is 30.3 Å². The number of ether oxygens (including phenoxy) is 2. The minimum Gasteiger partial charge on any atom is -0.458 e. The molecule has 29 heavy (non-hydrogen) atoms. The topological polar surface area (TPSA) is 74.2 Å². The molecule has 1 aliphatic carbocycles. The van der Waals surface area contributed by atoms with Gasteiger partial charge in [-0.25, -0.2) is 4.79 Å². The van der Waals surface area contributed by atoms with Gasteiger partial charge in [-0.3, -0.25) is 0 Å². The quantitative estimate of drug-likeness (QED) is 0.364. The fraction of sp³-hybridized carbons (Fsp3) is 0.571. The highest BCUT2D eigenvalue weighted by molar-refractivity contribution is 8.07. The molecule has 1 aromatic carbocycles. The van der Waals surface area contributed by atoms with Crippen LogP contribution in [-0.2, 0) is 41.7 Å². The van der Waals surface area contributed by atoms with Crippen LogP contribution in [0.1, 0.15) is 39.7 Å². The fourth-order valence-corrected chi connectivity index (χ4v) is 5.75. The Bertz CT molecular complexity index is 745. The van der Waals surface area contributed by atoms with Crippen LogP contribution >= 0.6 is 6.72 Å². The summed E-state index contributed by atoms with van der Waals surface area (Å²) in [7, 11) is 1.60. The van der Waals surface area contributed by atoms with Gasteiger partial charge in [0.1, 0.15) is 6.61 Å². The number of carbonyl (C=O) groups excluding carboxylic acids is 1. The van der Waals surface area contributed by atoms with Gasteiger partial charge in [0.2, 0.25) is 0 Å². The lowest BCUT2D eigenvalue weighted by atomic mass is 10.0. The summed E-state index contributed by atoms with van der Waals surface area (Å²) in [5.41, 5.74) is 0.286. The summed E-state index contributed by atoms with van der Waals surface area (Å²) in [6.07, 6.45) is 3.12. The summed E-state index contributed by atoms with van der Waals surface area (Å²) in [4.78, 5) is 22.6. The molecule has 5 atom stereocenters. The van der Waals surface area contributed by atoms with Crippen molar-refractivity contribution in [2.75, 3.05) is 7.11 Å². The Morgan fingerprint density at radius 3 is 2.52 bits per heavy atom. The molecule has 1 N–H and O–H groups in total. The second-order valence-electron chi connectivity index (χ2n) is 8.27. The lowest BCUT2D eigenvalue weighted by Crippen LogP contribution is -2.32.